The third kappa shape index (κ3) is 4.55. The number of carbonyl (C=O) groups excluding carboxylic acids is 1. The quantitative estimate of drug-likeness (QED) is 0.793. The molecule has 0 aliphatic rings. The van der Waals surface area contributed by atoms with Crippen molar-refractivity contribution >= 4 is 21.4 Å². The van der Waals surface area contributed by atoms with Gasteiger partial charge in [-0.3, -0.25) is 4.79 Å². The minimum absolute atomic E-state index is 0.124. The SMILES string of the molecule is Cc1cc(S(=O)(=O)CC(=O)NCC(C)C)ccc1N. The number of amides is 1. The Kier molecular flexibility index (Phi) is 4.94. The second-order valence-corrected chi connectivity index (χ2v) is 6.96. The Bertz CT molecular complexity index is 565. The fraction of sp³-hybridized carbons (Fsp3) is 0.462. The van der Waals surface area contributed by atoms with Gasteiger partial charge in [-0.25, -0.2) is 8.42 Å². The van der Waals surface area contributed by atoms with Crippen LogP contribution in [0.4, 0.5) is 5.69 Å². The summed E-state index contributed by atoms with van der Waals surface area (Å²) in [6.45, 7) is 6.08. The van der Waals surface area contributed by atoms with Crippen molar-refractivity contribution in [1.29, 1.82) is 0 Å². The monoisotopic (exact) mass is 284 g/mol. The molecule has 0 spiro atoms. The van der Waals surface area contributed by atoms with Gasteiger partial charge < -0.3 is 11.1 Å². The van der Waals surface area contributed by atoms with Crippen LogP contribution in [0.3, 0.4) is 0 Å². The maximum atomic E-state index is 12.0. The Morgan fingerprint density at radius 2 is 2.00 bits per heavy atom. The molecule has 3 N–H and O–H groups in total. The van der Waals surface area contributed by atoms with Crippen LogP contribution in [0.2, 0.25) is 0 Å². The summed E-state index contributed by atoms with van der Waals surface area (Å²) in [7, 11) is -3.61. The number of aryl methyl sites for hydroxylation is 1. The van der Waals surface area contributed by atoms with E-state index < -0.39 is 21.5 Å². The fourth-order valence-corrected chi connectivity index (χ4v) is 2.71. The first-order valence-electron chi connectivity index (χ1n) is 6.08. The molecule has 0 aromatic heterocycles. The number of nitrogens with one attached hydrogen (secondary N) is 1. The van der Waals surface area contributed by atoms with Crippen LogP contribution in [0, 0.1) is 12.8 Å². The number of nitrogen functional groups attached to an aromatic ring is 1. The molecule has 5 nitrogen and oxygen atoms in total. The van der Waals surface area contributed by atoms with Crippen molar-refractivity contribution in [2.24, 2.45) is 5.92 Å². The summed E-state index contributed by atoms with van der Waals surface area (Å²) in [6, 6.07) is 4.45. The lowest BCUT2D eigenvalue weighted by atomic mass is 10.2. The van der Waals surface area contributed by atoms with Crippen molar-refractivity contribution in [3.05, 3.63) is 23.8 Å². The summed E-state index contributed by atoms with van der Waals surface area (Å²) in [5.74, 6) is -0.739. The molecule has 0 bridgehead atoms. The Balaban J connectivity index is 2.81. The van der Waals surface area contributed by atoms with Crippen molar-refractivity contribution in [3.63, 3.8) is 0 Å². The van der Waals surface area contributed by atoms with Gasteiger partial charge in [0.2, 0.25) is 5.91 Å². The van der Waals surface area contributed by atoms with Crippen molar-refractivity contribution in [1.82, 2.24) is 5.32 Å². The van der Waals surface area contributed by atoms with Gasteiger partial charge in [-0.2, -0.15) is 0 Å². The molecule has 0 atom stereocenters. The summed E-state index contributed by atoms with van der Waals surface area (Å²) >= 11 is 0. The van der Waals surface area contributed by atoms with Crippen LogP contribution in [0.1, 0.15) is 19.4 Å². The molecule has 1 aromatic carbocycles. The highest BCUT2D eigenvalue weighted by atomic mass is 32.2. The smallest absolute Gasteiger partial charge is 0.235 e. The van der Waals surface area contributed by atoms with E-state index in [2.05, 4.69) is 5.32 Å². The zero-order valence-electron chi connectivity index (χ0n) is 11.4. The summed E-state index contributed by atoms with van der Waals surface area (Å²) < 4.78 is 24.1. The molecule has 0 unspecified atom stereocenters. The van der Waals surface area contributed by atoms with Crippen LogP contribution in [0.5, 0.6) is 0 Å². The van der Waals surface area contributed by atoms with Gasteiger partial charge >= 0.3 is 0 Å². The Morgan fingerprint density at radius 3 is 2.53 bits per heavy atom. The first kappa shape index (κ1) is 15.5. The number of anilines is 1. The van der Waals surface area contributed by atoms with E-state index in [9.17, 15) is 13.2 Å². The maximum absolute atomic E-state index is 12.0. The fourth-order valence-electron chi connectivity index (χ4n) is 1.47. The van der Waals surface area contributed by atoms with E-state index in [0.29, 0.717) is 17.8 Å². The minimum Gasteiger partial charge on any atom is -0.399 e. The van der Waals surface area contributed by atoms with Crippen LogP contribution in [0.25, 0.3) is 0 Å². The van der Waals surface area contributed by atoms with Gasteiger partial charge in [0.15, 0.2) is 9.84 Å². The van der Waals surface area contributed by atoms with Crippen LogP contribution >= 0.6 is 0 Å². The average molecular weight is 284 g/mol. The summed E-state index contributed by atoms with van der Waals surface area (Å²) in [6.07, 6.45) is 0. The van der Waals surface area contributed by atoms with Crippen LogP contribution in [-0.4, -0.2) is 26.6 Å². The van der Waals surface area contributed by atoms with Crippen LogP contribution in [0.15, 0.2) is 23.1 Å². The Labute approximate surface area is 114 Å². The third-order valence-corrected chi connectivity index (χ3v) is 4.24. The molecule has 19 heavy (non-hydrogen) atoms. The van der Waals surface area contributed by atoms with Gasteiger partial charge in [-0.15, -0.1) is 0 Å². The molecule has 0 saturated heterocycles. The van der Waals surface area contributed by atoms with E-state index in [0.717, 1.165) is 0 Å². The third-order valence-electron chi connectivity index (χ3n) is 2.63. The normalized spacial score (nSPS) is 11.6. The van der Waals surface area contributed by atoms with Gasteiger partial charge in [-0.1, -0.05) is 13.8 Å². The molecule has 1 rings (SSSR count). The number of nitrogens with two attached hydrogens (primary N) is 1. The number of carbonyl (C=O) groups is 1. The lowest BCUT2D eigenvalue weighted by molar-refractivity contribution is -0.118. The number of hydrogen-bond acceptors (Lipinski definition) is 4. The van der Waals surface area contributed by atoms with E-state index in [4.69, 9.17) is 5.73 Å². The molecular formula is C13H20N2O3S. The average Bonchev–Trinajstić information content (AvgIpc) is 2.29. The van der Waals surface area contributed by atoms with E-state index in [1.807, 2.05) is 13.8 Å². The van der Waals surface area contributed by atoms with E-state index in [1.165, 1.54) is 18.2 Å². The van der Waals surface area contributed by atoms with Gasteiger partial charge in [-0.05, 0) is 36.6 Å². The first-order valence-corrected chi connectivity index (χ1v) is 7.73. The van der Waals surface area contributed by atoms with Crippen molar-refractivity contribution in [2.75, 3.05) is 18.0 Å². The maximum Gasteiger partial charge on any atom is 0.235 e. The zero-order chi connectivity index (χ0) is 14.6. The second kappa shape index (κ2) is 6.06. The van der Waals surface area contributed by atoms with Crippen molar-refractivity contribution in [3.8, 4) is 0 Å². The summed E-state index contributed by atoms with van der Waals surface area (Å²) in [5, 5.41) is 2.59. The molecule has 1 amide bonds. The van der Waals surface area contributed by atoms with Gasteiger partial charge in [0.1, 0.15) is 5.75 Å². The molecule has 0 saturated carbocycles. The zero-order valence-corrected chi connectivity index (χ0v) is 12.3. The summed E-state index contributed by atoms with van der Waals surface area (Å²) in [4.78, 5) is 11.7. The number of rotatable bonds is 5. The van der Waals surface area contributed by atoms with Crippen LogP contribution in [-0.2, 0) is 14.6 Å². The standard InChI is InChI=1S/C13H20N2O3S/c1-9(2)7-15-13(16)8-19(17,18)11-4-5-12(14)10(3)6-11/h4-6,9H,7-8,14H2,1-3H3,(H,15,16). The van der Waals surface area contributed by atoms with Gasteiger partial charge in [0, 0.05) is 12.2 Å². The van der Waals surface area contributed by atoms with Gasteiger partial charge in [0.25, 0.3) is 0 Å². The Hall–Kier alpha value is -1.56. The highest BCUT2D eigenvalue weighted by molar-refractivity contribution is 7.92. The molecule has 106 valence electrons. The number of sulfone groups is 1. The van der Waals surface area contributed by atoms with E-state index in [-0.39, 0.29) is 10.8 Å². The molecular weight excluding hydrogens is 264 g/mol. The van der Waals surface area contributed by atoms with Crippen molar-refractivity contribution < 1.29 is 13.2 Å². The van der Waals surface area contributed by atoms with E-state index >= 15 is 0 Å². The van der Waals surface area contributed by atoms with Crippen molar-refractivity contribution in [2.45, 2.75) is 25.7 Å². The topological polar surface area (TPSA) is 89.3 Å². The predicted octanol–water partition coefficient (Wildman–Crippen LogP) is 1.12. The lowest BCUT2D eigenvalue weighted by Gasteiger charge is -2.09. The molecule has 1 aromatic rings. The number of benzene rings is 1. The minimum atomic E-state index is -3.61. The predicted molar refractivity (Wildman–Crippen MR) is 75.5 cm³/mol. The largest absolute Gasteiger partial charge is 0.399 e. The summed E-state index contributed by atoms with van der Waals surface area (Å²) in [5.41, 5.74) is 6.85. The Morgan fingerprint density at radius 1 is 1.37 bits per heavy atom. The first-order chi connectivity index (χ1) is 8.72. The van der Waals surface area contributed by atoms with Crippen LogP contribution < -0.4 is 11.1 Å². The van der Waals surface area contributed by atoms with E-state index in [1.54, 1.807) is 6.92 Å². The number of hydrogen-bond donors (Lipinski definition) is 2. The highest BCUT2D eigenvalue weighted by Gasteiger charge is 2.19. The molecule has 6 heteroatoms. The second-order valence-electron chi connectivity index (χ2n) is 4.98. The molecule has 0 radical (unpaired) electrons. The molecule has 0 heterocycles. The highest BCUT2D eigenvalue weighted by Crippen LogP contribution is 2.17. The molecule has 0 fully saturated rings. The lowest BCUT2D eigenvalue weighted by Crippen LogP contribution is -2.32. The molecule has 0 aliphatic heterocycles. The molecule has 0 aliphatic carbocycles. The van der Waals surface area contributed by atoms with Gasteiger partial charge in [0.05, 0.1) is 4.90 Å².